The molecule has 1 aliphatic heterocycles. The molecule has 2 amide bonds. The highest BCUT2D eigenvalue weighted by Crippen LogP contribution is 2.29. The van der Waals surface area contributed by atoms with Gasteiger partial charge in [-0.05, 0) is 47.7 Å². The first kappa shape index (κ1) is 12.6. The number of rotatable bonds is 1. The molecule has 1 N–H and O–H groups in total. The van der Waals surface area contributed by atoms with E-state index in [2.05, 4.69) is 27.9 Å². The minimum Gasteiger partial charge on any atom is -0.345 e. The van der Waals surface area contributed by atoms with Crippen LogP contribution in [0.1, 0.15) is 6.92 Å². The van der Waals surface area contributed by atoms with Crippen molar-refractivity contribution in [2.75, 3.05) is 11.4 Å². The number of nitrogens with one attached hydrogen (secondary N) is 1. The Balaban J connectivity index is 2.43. The molecule has 6 heteroatoms. The van der Waals surface area contributed by atoms with E-state index in [1.807, 2.05) is 6.07 Å². The summed E-state index contributed by atoms with van der Waals surface area (Å²) in [6.07, 6.45) is 0. The number of halogens is 2. The summed E-state index contributed by atoms with van der Waals surface area (Å²) in [7, 11) is 0. The van der Waals surface area contributed by atoms with Gasteiger partial charge in [-0.2, -0.15) is 0 Å². The number of amides is 2. The van der Waals surface area contributed by atoms with Gasteiger partial charge in [0.2, 0.25) is 11.8 Å². The molecule has 0 bridgehead atoms. The largest absolute Gasteiger partial charge is 0.345 e. The molecule has 1 aromatic carbocycles. The van der Waals surface area contributed by atoms with Gasteiger partial charge in [-0.3, -0.25) is 14.5 Å². The first-order valence-corrected chi connectivity index (χ1v) is 6.51. The summed E-state index contributed by atoms with van der Waals surface area (Å²) >= 11 is 8.25. The number of anilines is 1. The zero-order valence-corrected chi connectivity index (χ0v) is 11.9. The fraction of sp³-hybridized carbons (Fsp3) is 0.273. The van der Waals surface area contributed by atoms with Crippen LogP contribution in [0.15, 0.2) is 18.2 Å². The molecular formula is C11H10ClIN2O2. The lowest BCUT2D eigenvalue weighted by molar-refractivity contribution is -0.130. The van der Waals surface area contributed by atoms with Crippen LogP contribution in [-0.2, 0) is 9.59 Å². The Morgan fingerprint density at radius 2 is 2.18 bits per heavy atom. The molecule has 0 spiro atoms. The molecule has 0 aromatic heterocycles. The summed E-state index contributed by atoms with van der Waals surface area (Å²) in [6.45, 7) is 1.70. The van der Waals surface area contributed by atoms with Gasteiger partial charge in [0.05, 0.1) is 17.3 Å². The van der Waals surface area contributed by atoms with E-state index < -0.39 is 6.04 Å². The Bertz CT molecular complexity index is 492. The summed E-state index contributed by atoms with van der Waals surface area (Å²) in [5, 5.41) is 3.02. The number of piperazine rings is 1. The quantitative estimate of drug-likeness (QED) is 0.773. The van der Waals surface area contributed by atoms with E-state index >= 15 is 0 Å². The van der Waals surface area contributed by atoms with Gasteiger partial charge in [-0.1, -0.05) is 11.6 Å². The topological polar surface area (TPSA) is 49.4 Å². The fourth-order valence-corrected chi connectivity index (χ4v) is 2.70. The van der Waals surface area contributed by atoms with Crippen molar-refractivity contribution in [3.63, 3.8) is 0 Å². The number of hydrogen-bond acceptors (Lipinski definition) is 2. The predicted octanol–water partition coefficient (Wildman–Crippen LogP) is 1.80. The van der Waals surface area contributed by atoms with Gasteiger partial charge in [0.1, 0.15) is 6.04 Å². The maximum atomic E-state index is 11.8. The van der Waals surface area contributed by atoms with Crippen LogP contribution >= 0.6 is 34.2 Å². The maximum absolute atomic E-state index is 11.8. The van der Waals surface area contributed by atoms with Crippen LogP contribution in [-0.4, -0.2) is 24.4 Å². The minimum atomic E-state index is -0.534. The van der Waals surface area contributed by atoms with Crippen molar-refractivity contribution in [1.29, 1.82) is 0 Å². The molecule has 1 aromatic rings. The zero-order valence-electron chi connectivity index (χ0n) is 9.04. The summed E-state index contributed by atoms with van der Waals surface area (Å²) in [5.74, 6) is -0.320. The van der Waals surface area contributed by atoms with Crippen molar-refractivity contribution in [2.24, 2.45) is 0 Å². The molecule has 2 rings (SSSR count). The Morgan fingerprint density at radius 1 is 1.47 bits per heavy atom. The zero-order chi connectivity index (χ0) is 12.6. The molecule has 17 heavy (non-hydrogen) atoms. The molecule has 1 atom stereocenters. The van der Waals surface area contributed by atoms with E-state index in [9.17, 15) is 9.59 Å². The molecule has 1 unspecified atom stereocenters. The molecule has 1 fully saturated rings. The van der Waals surface area contributed by atoms with Gasteiger partial charge >= 0.3 is 0 Å². The smallest absolute Gasteiger partial charge is 0.247 e. The second kappa shape index (κ2) is 4.81. The Kier molecular flexibility index (Phi) is 3.58. The molecule has 1 heterocycles. The van der Waals surface area contributed by atoms with Crippen molar-refractivity contribution in [2.45, 2.75) is 13.0 Å². The van der Waals surface area contributed by atoms with Crippen molar-refractivity contribution in [3.8, 4) is 0 Å². The first-order chi connectivity index (χ1) is 8.00. The summed E-state index contributed by atoms with van der Waals surface area (Å²) in [6, 6.07) is 4.85. The van der Waals surface area contributed by atoms with Gasteiger partial charge in [-0.15, -0.1) is 0 Å². The van der Waals surface area contributed by atoms with Crippen molar-refractivity contribution in [1.82, 2.24) is 5.32 Å². The van der Waals surface area contributed by atoms with Crippen LogP contribution in [0, 0.1) is 3.57 Å². The predicted molar refractivity (Wildman–Crippen MR) is 74.1 cm³/mol. The van der Waals surface area contributed by atoms with E-state index in [1.165, 1.54) is 4.90 Å². The lowest BCUT2D eigenvalue weighted by Gasteiger charge is -2.33. The number of carbonyl (C=O) groups is 2. The first-order valence-electron chi connectivity index (χ1n) is 5.05. The second-order valence-corrected chi connectivity index (χ2v) is 5.41. The van der Waals surface area contributed by atoms with E-state index in [0.29, 0.717) is 10.7 Å². The van der Waals surface area contributed by atoms with Crippen molar-refractivity contribution >= 4 is 51.7 Å². The third-order valence-electron chi connectivity index (χ3n) is 2.62. The highest BCUT2D eigenvalue weighted by atomic mass is 127. The highest BCUT2D eigenvalue weighted by Gasteiger charge is 2.33. The van der Waals surface area contributed by atoms with E-state index in [4.69, 9.17) is 11.6 Å². The maximum Gasteiger partial charge on any atom is 0.247 e. The molecule has 1 aliphatic rings. The molecular weight excluding hydrogens is 354 g/mol. The Labute approximate surface area is 117 Å². The molecule has 1 saturated heterocycles. The van der Waals surface area contributed by atoms with Gasteiger partial charge in [-0.25, -0.2) is 0 Å². The van der Waals surface area contributed by atoms with Gasteiger partial charge < -0.3 is 5.32 Å². The van der Waals surface area contributed by atoms with Crippen LogP contribution in [0.25, 0.3) is 0 Å². The minimum absolute atomic E-state index is 0.0193. The SMILES string of the molecule is CC1C(=O)NCC(=O)N1c1ccc(I)cc1Cl. The van der Waals surface area contributed by atoms with Gasteiger partial charge in [0.15, 0.2) is 0 Å². The van der Waals surface area contributed by atoms with E-state index in [-0.39, 0.29) is 18.4 Å². The lowest BCUT2D eigenvalue weighted by Crippen LogP contribution is -2.57. The molecule has 0 aliphatic carbocycles. The molecule has 90 valence electrons. The van der Waals surface area contributed by atoms with Gasteiger partial charge in [0, 0.05) is 3.57 Å². The standard InChI is InChI=1S/C11H10ClIN2O2/c1-6-11(17)14-5-10(16)15(6)9-3-2-7(13)4-8(9)12/h2-4,6H,5H2,1H3,(H,14,17). The lowest BCUT2D eigenvalue weighted by atomic mass is 10.1. The van der Waals surface area contributed by atoms with Crippen LogP contribution < -0.4 is 10.2 Å². The fourth-order valence-electron chi connectivity index (χ4n) is 1.75. The molecule has 0 radical (unpaired) electrons. The third kappa shape index (κ3) is 2.40. The normalized spacial score (nSPS) is 20.4. The summed E-state index contributed by atoms with van der Waals surface area (Å²) in [4.78, 5) is 24.8. The third-order valence-corrected chi connectivity index (χ3v) is 3.59. The summed E-state index contributed by atoms with van der Waals surface area (Å²) < 4.78 is 0.984. The molecule has 0 saturated carbocycles. The number of nitrogens with zero attached hydrogens (tertiary/aromatic N) is 1. The number of carbonyl (C=O) groups excluding carboxylic acids is 2. The van der Waals surface area contributed by atoms with Crippen LogP contribution in [0.5, 0.6) is 0 Å². The molecule has 4 nitrogen and oxygen atoms in total. The van der Waals surface area contributed by atoms with Crippen LogP contribution in [0.4, 0.5) is 5.69 Å². The second-order valence-electron chi connectivity index (χ2n) is 3.75. The number of hydrogen-bond donors (Lipinski definition) is 1. The summed E-state index contributed by atoms with van der Waals surface area (Å²) in [5.41, 5.74) is 0.583. The van der Waals surface area contributed by atoms with Gasteiger partial charge in [0.25, 0.3) is 0 Å². The average molecular weight is 365 g/mol. The Morgan fingerprint density at radius 3 is 2.82 bits per heavy atom. The van der Waals surface area contributed by atoms with Crippen LogP contribution in [0.3, 0.4) is 0 Å². The van der Waals surface area contributed by atoms with Crippen molar-refractivity contribution in [3.05, 3.63) is 26.8 Å². The highest BCUT2D eigenvalue weighted by molar-refractivity contribution is 14.1. The van der Waals surface area contributed by atoms with E-state index in [0.717, 1.165) is 3.57 Å². The Hall–Kier alpha value is -0.820. The monoisotopic (exact) mass is 364 g/mol. The van der Waals surface area contributed by atoms with Crippen molar-refractivity contribution < 1.29 is 9.59 Å². The van der Waals surface area contributed by atoms with E-state index in [1.54, 1.807) is 19.1 Å². The number of benzene rings is 1. The van der Waals surface area contributed by atoms with Crippen LogP contribution in [0.2, 0.25) is 5.02 Å². The average Bonchev–Trinajstić information content (AvgIpc) is 2.27.